The number of hydrogen-bond acceptors (Lipinski definition) is 8. The summed E-state index contributed by atoms with van der Waals surface area (Å²) in [6.45, 7) is 1.51. The zero-order valence-electron chi connectivity index (χ0n) is 15.7. The Balaban J connectivity index is 3.30. The van der Waals surface area contributed by atoms with Crippen LogP contribution in [0.3, 0.4) is 0 Å². The molecule has 0 radical (unpaired) electrons. The fourth-order valence-corrected chi connectivity index (χ4v) is 2.85. The minimum absolute atomic E-state index is 0.0483. The summed E-state index contributed by atoms with van der Waals surface area (Å²) < 4.78 is 21.0. The Hall–Kier alpha value is -1.94. The second-order valence-electron chi connectivity index (χ2n) is 5.88. The van der Waals surface area contributed by atoms with Crippen LogP contribution in [0.15, 0.2) is 12.1 Å². The van der Waals surface area contributed by atoms with Crippen molar-refractivity contribution in [1.82, 2.24) is 0 Å². The molecule has 4 atom stereocenters. The monoisotopic (exact) mass is 373 g/mol. The average molecular weight is 373 g/mol. The van der Waals surface area contributed by atoms with Crippen LogP contribution >= 0.6 is 0 Å². The second-order valence-corrected chi connectivity index (χ2v) is 5.88. The Labute approximate surface area is 152 Å². The first-order valence-electron chi connectivity index (χ1n) is 8.09. The van der Waals surface area contributed by atoms with Crippen LogP contribution < -0.4 is 9.47 Å². The van der Waals surface area contributed by atoms with Gasteiger partial charge in [0, 0.05) is 32.1 Å². The molecule has 0 bridgehead atoms. The van der Waals surface area contributed by atoms with Gasteiger partial charge in [-0.15, -0.1) is 0 Å². The standard InChI is InChI=1S/C17H27NO8/c1-10(15(20)8-12(9-19)24-3)16(25-4)13-6-11(23-2)7-14(18(21)22)17(13)26-5/h6-7,10,12,15-16,19-20H,8-9H2,1-5H3/t10-,12-,15?,16+/m0/s1. The summed E-state index contributed by atoms with van der Waals surface area (Å²) in [7, 11) is 5.62. The number of nitro benzene ring substituents is 1. The molecule has 1 rings (SSSR count). The normalized spacial score (nSPS) is 15.8. The Morgan fingerprint density at radius 3 is 2.23 bits per heavy atom. The highest BCUT2D eigenvalue weighted by Gasteiger charge is 2.33. The van der Waals surface area contributed by atoms with Crippen LogP contribution in [-0.2, 0) is 9.47 Å². The van der Waals surface area contributed by atoms with E-state index in [4.69, 9.17) is 18.9 Å². The number of rotatable bonds is 11. The van der Waals surface area contributed by atoms with E-state index in [0.29, 0.717) is 5.56 Å². The molecule has 1 unspecified atom stereocenters. The molecule has 0 aliphatic rings. The van der Waals surface area contributed by atoms with Gasteiger partial charge in [0.15, 0.2) is 0 Å². The summed E-state index contributed by atoms with van der Waals surface area (Å²) in [6.07, 6.45) is -1.92. The van der Waals surface area contributed by atoms with E-state index in [-0.39, 0.29) is 30.2 Å². The number of methoxy groups -OCH3 is 4. The molecule has 1 aromatic carbocycles. The third-order valence-corrected chi connectivity index (χ3v) is 4.39. The minimum Gasteiger partial charge on any atom is -0.496 e. The minimum atomic E-state index is -0.882. The summed E-state index contributed by atoms with van der Waals surface area (Å²) in [6, 6.07) is 2.85. The number of nitro groups is 1. The predicted octanol–water partition coefficient (Wildman–Crippen LogP) is 1.69. The van der Waals surface area contributed by atoms with Gasteiger partial charge in [-0.25, -0.2) is 0 Å². The van der Waals surface area contributed by atoms with Gasteiger partial charge in [-0.3, -0.25) is 10.1 Å². The third-order valence-electron chi connectivity index (χ3n) is 4.39. The molecule has 0 saturated carbocycles. The van der Waals surface area contributed by atoms with Crippen LogP contribution in [0.4, 0.5) is 5.69 Å². The molecule has 0 aliphatic carbocycles. The summed E-state index contributed by atoms with van der Waals surface area (Å²) in [5, 5.41) is 31.1. The van der Waals surface area contributed by atoms with Crippen LogP contribution in [0.25, 0.3) is 0 Å². The molecule has 0 amide bonds. The molecule has 0 heterocycles. The number of benzene rings is 1. The van der Waals surface area contributed by atoms with Crippen LogP contribution in [0.5, 0.6) is 11.5 Å². The molecule has 0 spiro atoms. The SMILES string of the molecule is COc1cc([C@H](OC)[C@@H](C)C(O)C[C@@H](CO)OC)c(OC)c([N+](=O)[O-])c1. The molecule has 0 aromatic heterocycles. The van der Waals surface area contributed by atoms with E-state index in [1.165, 1.54) is 34.5 Å². The molecule has 1 aromatic rings. The van der Waals surface area contributed by atoms with Gasteiger partial charge in [-0.2, -0.15) is 0 Å². The third kappa shape index (κ3) is 5.04. The quantitative estimate of drug-likeness (QED) is 0.444. The molecular formula is C17H27NO8. The number of aliphatic hydroxyl groups excluding tert-OH is 2. The van der Waals surface area contributed by atoms with Crippen molar-refractivity contribution >= 4 is 5.69 Å². The first kappa shape index (κ1) is 22.1. The van der Waals surface area contributed by atoms with Crippen LogP contribution in [0.1, 0.15) is 25.0 Å². The lowest BCUT2D eigenvalue weighted by Gasteiger charge is -2.29. The second kappa shape index (κ2) is 10.3. The summed E-state index contributed by atoms with van der Waals surface area (Å²) in [5.41, 5.74) is 0.140. The summed E-state index contributed by atoms with van der Waals surface area (Å²) in [5.74, 6) is -0.140. The molecule has 9 nitrogen and oxygen atoms in total. The number of hydrogen-bond donors (Lipinski definition) is 2. The van der Waals surface area contributed by atoms with Crippen molar-refractivity contribution < 1.29 is 34.1 Å². The Kier molecular flexibility index (Phi) is 8.73. The van der Waals surface area contributed by atoms with E-state index in [1.54, 1.807) is 13.0 Å². The van der Waals surface area contributed by atoms with E-state index in [1.807, 2.05) is 0 Å². The maximum Gasteiger partial charge on any atom is 0.315 e. The molecule has 2 N–H and O–H groups in total. The molecule has 26 heavy (non-hydrogen) atoms. The van der Waals surface area contributed by atoms with E-state index >= 15 is 0 Å². The van der Waals surface area contributed by atoms with Gasteiger partial charge >= 0.3 is 5.69 Å². The first-order chi connectivity index (χ1) is 12.3. The van der Waals surface area contributed by atoms with E-state index in [0.717, 1.165) is 0 Å². The van der Waals surface area contributed by atoms with Crippen LogP contribution in [-0.4, -0.2) is 62.4 Å². The van der Waals surface area contributed by atoms with Gasteiger partial charge < -0.3 is 29.2 Å². The van der Waals surface area contributed by atoms with E-state index < -0.39 is 29.2 Å². The van der Waals surface area contributed by atoms with Crippen LogP contribution in [0, 0.1) is 16.0 Å². The van der Waals surface area contributed by atoms with Crippen molar-refractivity contribution in [2.24, 2.45) is 5.92 Å². The van der Waals surface area contributed by atoms with E-state index in [2.05, 4.69) is 0 Å². The fraction of sp³-hybridized carbons (Fsp3) is 0.647. The molecule has 0 fully saturated rings. The lowest BCUT2D eigenvalue weighted by Crippen LogP contribution is -2.31. The molecule has 0 saturated heterocycles. The first-order valence-corrected chi connectivity index (χ1v) is 8.09. The van der Waals surface area contributed by atoms with Crippen molar-refractivity contribution in [1.29, 1.82) is 0 Å². The zero-order valence-corrected chi connectivity index (χ0v) is 15.7. The lowest BCUT2D eigenvalue weighted by atomic mass is 9.88. The van der Waals surface area contributed by atoms with Gasteiger partial charge in [0.05, 0.1) is 50.1 Å². The van der Waals surface area contributed by atoms with Gasteiger partial charge in [-0.1, -0.05) is 6.92 Å². The number of aliphatic hydroxyl groups is 2. The van der Waals surface area contributed by atoms with Crippen molar-refractivity contribution in [3.8, 4) is 11.5 Å². The Bertz CT molecular complexity index is 590. The average Bonchev–Trinajstić information content (AvgIpc) is 2.65. The lowest BCUT2D eigenvalue weighted by molar-refractivity contribution is -0.385. The predicted molar refractivity (Wildman–Crippen MR) is 93.6 cm³/mol. The highest BCUT2D eigenvalue weighted by Crippen LogP contribution is 2.42. The highest BCUT2D eigenvalue weighted by molar-refractivity contribution is 5.57. The van der Waals surface area contributed by atoms with Crippen molar-refractivity contribution in [3.63, 3.8) is 0 Å². The smallest absolute Gasteiger partial charge is 0.315 e. The maximum atomic E-state index is 11.4. The van der Waals surface area contributed by atoms with Gasteiger partial charge in [-0.05, 0) is 6.07 Å². The zero-order chi connectivity index (χ0) is 19.9. The molecule has 9 heteroatoms. The fourth-order valence-electron chi connectivity index (χ4n) is 2.85. The van der Waals surface area contributed by atoms with E-state index in [9.17, 15) is 20.3 Å². The number of ether oxygens (including phenoxy) is 4. The maximum absolute atomic E-state index is 11.4. The number of nitrogens with zero attached hydrogens (tertiary/aromatic N) is 1. The van der Waals surface area contributed by atoms with Crippen molar-refractivity contribution in [3.05, 3.63) is 27.8 Å². The van der Waals surface area contributed by atoms with Gasteiger partial charge in [0.1, 0.15) is 5.75 Å². The van der Waals surface area contributed by atoms with Gasteiger partial charge in [0.2, 0.25) is 5.75 Å². The Morgan fingerprint density at radius 1 is 1.15 bits per heavy atom. The van der Waals surface area contributed by atoms with Crippen molar-refractivity contribution in [2.75, 3.05) is 35.0 Å². The molecule has 0 aliphatic heterocycles. The van der Waals surface area contributed by atoms with Crippen LogP contribution in [0.2, 0.25) is 0 Å². The highest BCUT2D eigenvalue weighted by atomic mass is 16.6. The summed E-state index contributed by atoms with van der Waals surface area (Å²) >= 11 is 0. The largest absolute Gasteiger partial charge is 0.496 e. The van der Waals surface area contributed by atoms with Crippen molar-refractivity contribution in [2.45, 2.75) is 31.7 Å². The molecular weight excluding hydrogens is 346 g/mol. The topological polar surface area (TPSA) is 121 Å². The van der Waals surface area contributed by atoms with Gasteiger partial charge in [0.25, 0.3) is 0 Å². The summed E-state index contributed by atoms with van der Waals surface area (Å²) in [4.78, 5) is 10.8. The Morgan fingerprint density at radius 2 is 1.81 bits per heavy atom. The molecule has 148 valence electrons.